The smallest absolute Gasteiger partial charge is 0.256 e. The van der Waals surface area contributed by atoms with E-state index in [0.717, 1.165) is 36.8 Å². The Morgan fingerprint density at radius 2 is 1.78 bits per heavy atom. The number of anilines is 1. The van der Waals surface area contributed by atoms with Crippen LogP contribution in [0.5, 0.6) is 5.75 Å². The monoisotopic (exact) mass is 489 g/mol. The third-order valence-corrected chi connectivity index (χ3v) is 6.37. The highest BCUT2D eigenvalue weighted by atomic mass is 79.9. The number of amides is 1. The van der Waals surface area contributed by atoms with E-state index in [0.29, 0.717) is 25.8 Å². The molecule has 138 valence electrons. The SMILES string of the molecule is O=C1Nc2ccc(C(=O)C3CCCC3)cc2C1=Cc1cc(Br)c(O)c(Br)c1. The Bertz CT molecular complexity index is 968. The second-order valence-corrected chi connectivity index (χ2v) is 8.66. The molecule has 0 bridgehead atoms. The highest BCUT2D eigenvalue weighted by molar-refractivity contribution is 9.11. The molecule has 0 unspecified atom stereocenters. The van der Waals surface area contributed by atoms with Crippen LogP contribution in [0.1, 0.15) is 47.2 Å². The number of ketones is 1. The molecule has 0 radical (unpaired) electrons. The first-order valence-corrected chi connectivity index (χ1v) is 10.4. The number of hydrogen-bond donors (Lipinski definition) is 2. The zero-order valence-corrected chi connectivity index (χ0v) is 17.6. The number of benzene rings is 2. The molecule has 6 heteroatoms. The first kappa shape index (κ1) is 18.4. The predicted molar refractivity (Wildman–Crippen MR) is 113 cm³/mol. The highest BCUT2D eigenvalue weighted by Gasteiger charge is 2.28. The molecule has 2 aromatic rings. The Labute approximate surface area is 173 Å². The van der Waals surface area contributed by atoms with Crippen LogP contribution in [0.4, 0.5) is 5.69 Å². The van der Waals surface area contributed by atoms with Crippen molar-refractivity contribution >= 4 is 60.9 Å². The van der Waals surface area contributed by atoms with Crippen LogP contribution in [0.2, 0.25) is 0 Å². The zero-order chi connectivity index (χ0) is 19.1. The van der Waals surface area contributed by atoms with Gasteiger partial charge in [0.25, 0.3) is 5.91 Å². The third kappa shape index (κ3) is 3.48. The van der Waals surface area contributed by atoms with Gasteiger partial charge in [-0.3, -0.25) is 9.59 Å². The standard InChI is InChI=1S/C21H17Br2NO3/c22-16-8-11(9-17(23)20(16)26)7-15-14-10-13(5-6-18(14)24-21(15)27)19(25)12-3-1-2-4-12/h5-10,12,26H,1-4H2,(H,24,27). The quantitative estimate of drug-likeness (QED) is 0.423. The van der Waals surface area contributed by atoms with Gasteiger partial charge < -0.3 is 10.4 Å². The largest absolute Gasteiger partial charge is 0.506 e. The summed E-state index contributed by atoms with van der Waals surface area (Å²) in [6.45, 7) is 0. The van der Waals surface area contributed by atoms with Crippen LogP contribution in [0.3, 0.4) is 0 Å². The number of phenols is 1. The normalized spacial score (nSPS) is 18.0. The maximum absolute atomic E-state index is 12.8. The van der Waals surface area contributed by atoms with Gasteiger partial charge in [-0.05, 0) is 86.7 Å². The molecule has 27 heavy (non-hydrogen) atoms. The Kier molecular flexibility index (Phi) is 4.95. The van der Waals surface area contributed by atoms with E-state index >= 15 is 0 Å². The van der Waals surface area contributed by atoms with E-state index < -0.39 is 0 Å². The summed E-state index contributed by atoms with van der Waals surface area (Å²) >= 11 is 6.61. The van der Waals surface area contributed by atoms with Gasteiger partial charge in [0.1, 0.15) is 5.75 Å². The molecule has 4 nitrogen and oxygen atoms in total. The Morgan fingerprint density at radius 1 is 1.11 bits per heavy atom. The Balaban J connectivity index is 1.74. The maximum atomic E-state index is 12.8. The van der Waals surface area contributed by atoms with Crippen molar-refractivity contribution in [2.24, 2.45) is 5.92 Å². The highest BCUT2D eigenvalue weighted by Crippen LogP contribution is 2.38. The Morgan fingerprint density at radius 3 is 2.44 bits per heavy atom. The number of Topliss-reactive ketones (excluding diaryl/α,β-unsaturated/α-hetero) is 1. The zero-order valence-electron chi connectivity index (χ0n) is 14.4. The van der Waals surface area contributed by atoms with Crippen molar-refractivity contribution in [3.63, 3.8) is 0 Å². The average Bonchev–Trinajstić information content (AvgIpc) is 3.27. The van der Waals surface area contributed by atoms with Gasteiger partial charge in [0.05, 0.1) is 8.95 Å². The van der Waals surface area contributed by atoms with E-state index in [1.165, 1.54) is 0 Å². The molecule has 2 aliphatic rings. The Hall–Kier alpha value is -1.92. The number of halogens is 2. The maximum Gasteiger partial charge on any atom is 0.256 e. The van der Waals surface area contributed by atoms with Crippen molar-refractivity contribution in [2.75, 3.05) is 5.32 Å². The van der Waals surface area contributed by atoms with Crippen LogP contribution in [0, 0.1) is 5.92 Å². The number of carbonyl (C=O) groups excluding carboxylic acids is 2. The second-order valence-electron chi connectivity index (χ2n) is 6.95. The summed E-state index contributed by atoms with van der Waals surface area (Å²) in [5.74, 6) is 0.183. The van der Waals surface area contributed by atoms with E-state index in [4.69, 9.17) is 0 Å². The van der Waals surface area contributed by atoms with E-state index in [1.54, 1.807) is 30.3 Å². The summed E-state index contributed by atoms with van der Waals surface area (Å²) in [5.41, 5.74) is 3.39. The lowest BCUT2D eigenvalue weighted by Gasteiger charge is -2.09. The lowest BCUT2D eigenvalue weighted by Crippen LogP contribution is -2.11. The van der Waals surface area contributed by atoms with E-state index in [-0.39, 0.29) is 23.4 Å². The van der Waals surface area contributed by atoms with Gasteiger partial charge in [-0.2, -0.15) is 0 Å². The van der Waals surface area contributed by atoms with Crippen molar-refractivity contribution in [1.82, 2.24) is 0 Å². The molecule has 1 saturated carbocycles. The minimum Gasteiger partial charge on any atom is -0.506 e. The van der Waals surface area contributed by atoms with Gasteiger partial charge in [0, 0.05) is 28.3 Å². The molecule has 1 aliphatic carbocycles. The second kappa shape index (κ2) is 7.24. The van der Waals surface area contributed by atoms with Gasteiger partial charge in [0.2, 0.25) is 0 Å². The van der Waals surface area contributed by atoms with Gasteiger partial charge in [-0.15, -0.1) is 0 Å². The summed E-state index contributed by atoms with van der Waals surface area (Å²) in [6, 6.07) is 8.91. The summed E-state index contributed by atoms with van der Waals surface area (Å²) in [6.07, 6.45) is 5.88. The molecule has 0 aromatic heterocycles. The number of hydrogen-bond acceptors (Lipinski definition) is 3. The number of nitrogens with one attached hydrogen (secondary N) is 1. The molecule has 1 amide bonds. The number of rotatable bonds is 3. The molecule has 1 aliphatic heterocycles. The van der Waals surface area contributed by atoms with Crippen LogP contribution in [-0.4, -0.2) is 16.8 Å². The fourth-order valence-corrected chi connectivity index (χ4v) is 4.97. The fourth-order valence-electron chi connectivity index (χ4n) is 3.74. The lowest BCUT2D eigenvalue weighted by atomic mass is 9.93. The van der Waals surface area contributed by atoms with E-state index in [1.807, 2.05) is 6.07 Å². The first-order chi connectivity index (χ1) is 12.9. The molecule has 0 atom stereocenters. The molecular weight excluding hydrogens is 474 g/mol. The third-order valence-electron chi connectivity index (χ3n) is 5.16. The number of aromatic hydroxyl groups is 1. The van der Waals surface area contributed by atoms with Crippen LogP contribution in [0.25, 0.3) is 11.6 Å². The van der Waals surface area contributed by atoms with Gasteiger partial charge in [-0.25, -0.2) is 0 Å². The molecule has 0 spiro atoms. The minimum atomic E-state index is -0.198. The van der Waals surface area contributed by atoms with Crippen LogP contribution >= 0.6 is 31.9 Å². The van der Waals surface area contributed by atoms with Crippen molar-refractivity contribution in [3.05, 3.63) is 56.0 Å². The summed E-state index contributed by atoms with van der Waals surface area (Å²) in [7, 11) is 0. The van der Waals surface area contributed by atoms with Crippen molar-refractivity contribution < 1.29 is 14.7 Å². The predicted octanol–water partition coefficient (Wildman–Crippen LogP) is 5.78. The summed E-state index contributed by atoms with van der Waals surface area (Å²) in [5, 5.41) is 12.7. The number of carbonyl (C=O) groups is 2. The van der Waals surface area contributed by atoms with Gasteiger partial charge in [-0.1, -0.05) is 12.8 Å². The van der Waals surface area contributed by atoms with Crippen molar-refractivity contribution in [1.29, 1.82) is 0 Å². The molecule has 2 N–H and O–H groups in total. The van der Waals surface area contributed by atoms with Gasteiger partial charge in [0.15, 0.2) is 5.78 Å². The summed E-state index contributed by atoms with van der Waals surface area (Å²) in [4.78, 5) is 25.2. The van der Waals surface area contributed by atoms with Crippen molar-refractivity contribution in [2.45, 2.75) is 25.7 Å². The number of fused-ring (bicyclic) bond motifs is 1. The molecule has 1 heterocycles. The van der Waals surface area contributed by atoms with Crippen LogP contribution in [0.15, 0.2) is 39.3 Å². The minimum absolute atomic E-state index is 0.101. The van der Waals surface area contributed by atoms with Crippen LogP contribution < -0.4 is 5.32 Å². The topological polar surface area (TPSA) is 66.4 Å². The van der Waals surface area contributed by atoms with E-state index in [9.17, 15) is 14.7 Å². The van der Waals surface area contributed by atoms with Crippen LogP contribution in [-0.2, 0) is 4.79 Å². The van der Waals surface area contributed by atoms with Gasteiger partial charge >= 0.3 is 0 Å². The molecular formula is C21H17Br2NO3. The molecule has 4 rings (SSSR count). The fraction of sp³-hybridized carbons (Fsp3) is 0.238. The van der Waals surface area contributed by atoms with Crippen molar-refractivity contribution in [3.8, 4) is 5.75 Å². The first-order valence-electron chi connectivity index (χ1n) is 8.84. The van der Waals surface area contributed by atoms with E-state index in [2.05, 4.69) is 37.2 Å². The molecule has 0 saturated heterocycles. The molecule has 1 fully saturated rings. The summed E-state index contributed by atoms with van der Waals surface area (Å²) < 4.78 is 1.07. The lowest BCUT2D eigenvalue weighted by molar-refractivity contribution is -0.110. The number of phenolic OH excluding ortho intramolecular Hbond substituents is 1. The average molecular weight is 491 g/mol. The molecule has 2 aromatic carbocycles.